The van der Waals surface area contributed by atoms with Gasteiger partial charge in [0.15, 0.2) is 0 Å². The number of hydrogen-bond donors (Lipinski definition) is 3. The number of nitrogens with one attached hydrogen (secondary N) is 1. The van der Waals surface area contributed by atoms with E-state index in [9.17, 15) is 22.7 Å². The molecule has 232 valence electrons. The van der Waals surface area contributed by atoms with Crippen LogP contribution in [0.2, 0.25) is 0 Å². The highest BCUT2D eigenvalue weighted by Crippen LogP contribution is 2.46. The Kier molecular flexibility index (Phi) is 11.9. The van der Waals surface area contributed by atoms with Crippen LogP contribution in [0.15, 0.2) is 72.8 Å². The van der Waals surface area contributed by atoms with Crippen LogP contribution in [-0.4, -0.2) is 43.9 Å². The Bertz CT molecular complexity index is 1410. The van der Waals surface area contributed by atoms with Crippen molar-refractivity contribution in [2.45, 2.75) is 69.9 Å². The third-order valence-corrected chi connectivity index (χ3v) is 8.86. The zero-order chi connectivity index (χ0) is 30.8. The van der Waals surface area contributed by atoms with Crippen LogP contribution in [0.1, 0.15) is 79.3 Å². The number of aliphatic hydroxyl groups excluding tert-OH is 2. The number of aryl methyl sites for hydroxylation is 2. The molecule has 3 aromatic rings. The van der Waals surface area contributed by atoms with E-state index >= 15 is 0 Å². The Morgan fingerprint density at radius 2 is 1.47 bits per heavy atom. The summed E-state index contributed by atoms with van der Waals surface area (Å²) < 4.78 is 38.4. The SMILES string of the molecule is CS(=O)(=O)NCCCc1ccc(N2C(=O)[C@H](CC[C@H](O)c3ccc(F)cc3)[C@H]2c2ccc(CCCCCCO)cc2)cc1. The molecule has 9 heteroatoms. The third kappa shape index (κ3) is 9.44. The van der Waals surface area contributed by atoms with Gasteiger partial charge in [-0.15, -0.1) is 0 Å². The summed E-state index contributed by atoms with van der Waals surface area (Å²) in [6, 6.07) is 21.9. The molecular formula is C34H43FN2O5S. The molecule has 1 aliphatic heterocycles. The number of hydrogen-bond acceptors (Lipinski definition) is 5. The summed E-state index contributed by atoms with van der Waals surface area (Å²) >= 11 is 0. The standard InChI is InChI=1S/C34H43FN2O5S/c1-43(41,42)36-23-6-8-26-11-19-30(20-12-26)37-33(28-13-9-25(10-14-28)7-4-2-3-5-24-38)31(34(37)40)21-22-32(39)27-15-17-29(35)18-16-27/h9-20,31-33,36,38-39H,2-8,21-24H2,1H3/t31-,32+,33-/m1/s1. The highest BCUT2D eigenvalue weighted by atomic mass is 32.2. The average molecular weight is 611 g/mol. The molecular weight excluding hydrogens is 567 g/mol. The van der Waals surface area contributed by atoms with Crippen molar-refractivity contribution in [2.75, 3.05) is 24.3 Å². The van der Waals surface area contributed by atoms with Gasteiger partial charge in [-0.2, -0.15) is 0 Å². The van der Waals surface area contributed by atoms with Crippen molar-refractivity contribution in [3.63, 3.8) is 0 Å². The first kappa shape index (κ1) is 32.8. The van der Waals surface area contributed by atoms with E-state index in [1.165, 1.54) is 17.7 Å². The molecule has 1 fully saturated rings. The van der Waals surface area contributed by atoms with Crippen molar-refractivity contribution in [1.29, 1.82) is 0 Å². The van der Waals surface area contributed by atoms with Gasteiger partial charge in [-0.1, -0.05) is 61.4 Å². The maximum atomic E-state index is 13.5. The minimum atomic E-state index is -3.21. The monoisotopic (exact) mass is 610 g/mol. The lowest BCUT2D eigenvalue weighted by Crippen LogP contribution is -2.55. The molecule has 43 heavy (non-hydrogen) atoms. The lowest BCUT2D eigenvalue weighted by atomic mass is 9.78. The number of rotatable bonds is 17. The first-order valence-corrected chi connectivity index (χ1v) is 17.1. The lowest BCUT2D eigenvalue weighted by Gasteiger charge is -2.48. The summed E-state index contributed by atoms with van der Waals surface area (Å²) in [6.45, 7) is 0.608. The van der Waals surface area contributed by atoms with E-state index in [0.717, 1.165) is 55.2 Å². The number of sulfonamides is 1. The topological polar surface area (TPSA) is 107 Å². The van der Waals surface area contributed by atoms with Crippen LogP contribution in [0, 0.1) is 11.7 Å². The van der Waals surface area contributed by atoms with Crippen molar-refractivity contribution in [1.82, 2.24) is 4.72 Å². The number of benzene rings is 3. The lowest BCUT2D eigenvalue weighted by molar-refractivity contribution is -0.131. The molecule has 3 aromatic carbocycles. The number of unbranched alkanes of at least 4 members (excludes halogenated alkanes) is 3. The predicted octanol–water partition coefficient (Wildman–Crippen LogP) is 5.62. The second kappa shape index (κ2) is 15.6. The Labute approximate surface area is 254 Å². The van der Waals surface area contributed by atoms with Crippen LogP contribution in [0.25, 0.3) is 0 Å². The molecule has 1 aliphatic rings. The number of halogens is 1. The maximum absolute atomic E-state index is 13.5. The molecule has 0 aromatic heterocycles. The van der Waals surface area contributed by atoms with E-state index in [1.54, 1.807) is 12.1 Å². The molecule has 0 radical (unpaired) electrons. The predicted molar refractivity (Wildman–Crippen MR) is 168 cm³/mol. The molecule has 1 amide bonds. The highest BCUT2D eigenvalue weighted by molar-refractivity contribution is 7.88. The Morgan fingerprint density at radius 1 is 0.860 bits per heavy atom. The Morgan fingerprint density at radius 3 is 2.09 bits per heavy atom. The number of carbonyl (C=O) groups is 1. The molecule has 0 spiro atoms. The van der Waals surface area contributed by atoms with Gasteiger partial charge in [-0.3, -0.25) is 4.79 Å². The molecule has 0 bridgehead atoms. The molecule has 7 nitrogen and oxygen atoms in total. The summed E-state index contributed by atoms with van der Waals surface area (Å²) in [5, 5.41) is 19.7. The number of carbonyl (C=O) groups excluding carboxylic acids is 1. The van der Waals surface area contributed by atoms with Crippen LogP contribution in [0.3, 0.4) is 0 Å². The van der Waals surface area contributed by atoms with Crippen molar-refractivity contribution >= 4 is 21.6 Å². The van der Waals surface area contributed by atoms with E-state index in [4.69, 9.17) is 5.11 Å². The zero-order valence-corrected chi connectivity index (χ0v) is 25.6. The summed E-state index contributed by atoms with van der Waals surface area (Å²) in [5.74, 6) is -0.637. The largest absolute Gasteiger partial charge is 0.396 e. The van der Waals surface area contributed by atoms with Gasteiger partial charge >= 0.3 is 0 Å². The summed E-state index contributed by atoms with van der Waals surface area (Å²) in [7, 11) is -3.21. The zero-order valence-electron chi connectivity index (χ0n) is 24.8. The van der Waals surface area contributed by atoms with Gasteiger partial charge in [-0.25, -0.2) is 17.5 Å². The Hall–Kier alpha value is -3.11. The highest BCUT2D eigenvalue weighted by Gasteiger charge is 2.48. The van der Waals surface area contributed by atoms with Gasteiger partial charge in [0.05, 0.1) is 24.3 Å². The van der Waals surface area contributed by atoms with Crippen LogP contribution in [0.4, 0.5) is 10.1 Å². The number of aliphatic hydroxyl groups is 2. The minimum Gasteiger partial charge on any atom is -0.396 e. The fourth-order valence-corrected chi connectivity index (χ4v) is 6.25. The summed E-state index contributed by atoms with van der Waals surface area (Å²) in [5.41, 5.74) is 4.78. The molecule has 0 saturated carbocycles. The van der Waals surface area contributed by atoms with Crippen molar-refractivity contribution in [3.8, 4) is 0 Å². The van der Waals surface area contributed by atoms with Crippen LogP contribution in [0.5, 0.6) is 0 Å². The summed E-state index contributed by atoms with van der Waals surface area (Å²) in [4.78, 5) is 15.4. The van der Waals surface area contributed by atoms with Gasteiger partial charge in [-0.05, 0) is 91.5 Å². The van der Waals surface area contributed by atoms with Gasteiger partial charge in [0.25, 0.3) is 0 Å². The van der Waals surface area contributed by atoms with E-state index in [-0.39, 0.29) is 30.3 Å². The smallest absolute Gasteiger partial charge is 0.233 e. The van der Waals surface area contributed by atoms with Crippen LogP contribution >= 0.6 is 0 Å². The number of anilines is 1. The van der Waals surface area contributed by atoms with Crippen molar-refractivity contribution in [2.24, 2.45) is 5.92 Å². The maximum Gasteiger partial charge on any atom is 0.233 e. The van der Waals surface area contributed by atoms with Gasteiger partial charge < -0.3 is 15.1 Å². The molecule has 1 heterocycles. The molecule has 0 unspecified atom stereocenters. The first-order valence-electron chi connectivity index (χ1n) is 15.2. The molecule has 3 N–H and O–H groups in total. The fourth-order valence-electron chi connectivity index (χ4n) is 5.74. The van der Waals surface area contributed by atoms with E-state index in [2.05, 4.69) is 29.0 Å². The van der Waals surface area contributed by atoms with Crippen LogP contribution < -0.4 is 9.62 Å². The van der Waals surface area contributed by atoms with Gasteiger partial charge in [0, 0.05) is 18.8 Å². The molecule has 3 atom stereocenters. The molecule has 0 aliphatic carbocycles. The number of β-lactam (4-membered cyclic amide) rings is 1. The molecule has 1 saturated heterocycles. The van der Waals surface area contributed by atoms with E-state index < -0.39 is 16.1 Å². The average Bonchev–Trinajstić information content (AvgIpc) is 2.99. The molecule has 4 rings (SSSR count). The second-order valence-electron chi connectivity index (χ2n) is 11.5. The van der Waals surface area contributed by atoms with Gasteiger partial charge in [0.1, 0.15) is 5.82 Å². The minimum absolute atomic E-state index is 0.00867. The quantitative estimate of drug-likeness (QED) is 0.136. The number of amides is 1. The fraction of sp³-hybridized carbons (Fsp3) is 0.441. The van der Waals surface area contributed by atoms with Crippen molar-refractivity contribution < 1.29 is 27.8 Å². The second-order valence-corrected chi connectivity index (χ2v) is 13.3. The van der Waals surface area contributed by atoms with Crippen molar-refractivity contribution in [3.05, 3.63) is 101 Å². The first-order chi connectivity index (χ1) is 20.7. The Balaban J connectivity index is 1.45. The summed E-state index contributed by atoms with van der Waals surface area (Å²) in [6.07, 6.45) is 7.60. The normalized spacial score (nSPS) is 17.6. The van der Waals surface area contributed by atoms with Gasteiger partial charge in [0.2, 0.25) is 15.9 Å². The number of nitrogens with zero attached hydrogens (tertiary/aromatic N) is 1. The third-order valence-electron chi connectivity index (χ3n) is 8.14. The van der Waals surface area contributed by atoms with E-state index in [0.29, 0.717) is 37.8 Å². The van der Waals surface area contributed by atoms with E-state index in [1.807, 2.05) is 29.2 Å². The van der Waals surface area contributed by atoms with Crippen LogP contribution in [-0.2, 0) is 27.7 Å².